The van der Waals surface area contributed by atoms with Gasteiger partial charge in [0.25, 0.3) is 0 Å². The van der Waals surface area contributed by atoms with Gasteiger partial charge in [0.05, 0.1) is 59.4 Å². The van der Waals surface area contributed by atoms with Crippen molar-refractivity contribution < 1.29 is 42.4 Å². The van der Waals surface area contributed by atoms with Crippen molar-refractivity contribution in [1.29, 1.82) is 0 Å². The van der Waals surface area contributed by atoms with Gasteiger partial charge in [-0.3, -0.25) is 0 Å². The van der Waals surface area contributed by atoms with Crippen molar-refractivity contribution in [1.82, 2.24) is 5.32 Å². The van der Waals surface area contributed by atoms with E-state index in [0.29, 0.717) is 39.6 Å². The van der Waals surface area contributed by atoms with Crippen molar-refractivity contribution in [3.8, 4) is 11.5 Å². The van der Waals surface area contributed by atoms with Gasteiger partial charge in [0.2, 0.25) is 0 Å². The molecule has 1 N–H and O–H groups in total. The lowest BCUT2D eigenvalue weighted by atomic mass is 10.1. The van der Waals surface area contributed by atoms with Crippen molar-refractivity contribution in [2.45, 2.75) is 0 Å². The fourth-order valence-corrected chi connectivity index (χ4v) is 2.45. The second-order valence-electron chi connectivity index (χ2n) is 6.46. The van der Waals surface area contributed by atoms with Crippen molar-refractivity contribution in [3.05, 3.63) is 34.2 Å². The molecule has 0 amide bonds. The van der Waals surface area contributed by atoms with Gasteiger partial charge >= 0.3 is 5.63 Å². The minimum atomic E-state index is -0.486. The van der Waals surface area contributed by atoms with E-state index in [1.807, 2.05) is 0 Å². The lowest BCUT2D eigenvalue weighted by Gasteiger charge is -2.24. The van der Waals surface area contributed by atoms with E-state index < -0.39 is 5.63 Å². The fourth-order valence-electron chi connectivity index (χ4n) is 2.21. The molecule has 1 aromatic heterocycles. The van der Waals surface area contributed by atoms with Crippen molar-refractivity contribution in [2.75, 3.05) is 48.5 Å². The Hall–Kier alpha value is -1.39. The number of thiocarbonyl (C=S) groups is 1. The van der Waals surface area contributed by atoms with Crippen LogP contribution in [0.15, 0.2) is 27.4 Å². The zero-order chi connectivity index (χ0) is 17.9. The first-order valence-electron chi connectivity index (χ1n) is 7.53. The van der Waals surface area contributed by atoms with E-state index in [-0.39, 0.29) is 24.0 Å². The maximum absolute atomic E-state index is 12.3. The molecule has 0 aliphatic rings. The van der Waals surface area contributed by atoms with E-state index in [9.17, 15) is 4.79 Å². The standard InChI is InChI=1S/C17H22N2O4S.HI/c1-19(2,3)7-6-18-16(24)13-10-12-14(22-5)8-11(21-4)9-15(12)23-17(13)20;/h8-10H,6-7H2,1-5H3;1H. The topological polar surface area (TPSA) is 60.7 Å². The average Bonchev–Trinajstić information content (AvgIpc) is 2.51. The molecule has 0 spiro atoms. The van der Waals surface area contributed by atoms with Crippen LogP contribution in [-0.4, -0.2) is 57.9 Å². The highest BCUT2D eigenvalue weighted by Gasteiger charge is 2.15. The van der Waals surface area contributed by atoms with Crippen LogP contribution in [0.3, 0.4) is 0 Å². The predicted octanol–water partition coefficient (Wildman–Crippen LogP) is -1.21. The fraction of sp³-hybridized carbons (Fsp3) is 0.412. The highest BCUT2D eigenvalue weighted by atomic mass is 127. The van der Waals surface area contributed by atoms with Crippen LogP contribution >= 0.6 is 12.2 Å². The van der Waals surface area contributed by atoms with E-state index in [1.165, 1.54) is 0 Å². The number of benzene rings is 1. The molecule has 25 heavy (non-hydrogen) atoms. The van der Waals surface area contributed by atoms with Crippen LogP contribution in [0.5, 0.6) is 11.5 Å². The number of hydrogen-bond acceptors (Lipinski definition) is 5. The molecule has 0 saturated carbocycles. The number of rotatable bonds is 6. The summed E-state index contributed by atoms with van der Waals surface area (Å²) in [6.07, 6.45) is 0. The van der Waals surface area contributed by atoms with Gasteiger partial charge in [-0.1, -0.05) is 12.2 Å². The first-order valence-corrected chi connectivity index (χ1v) is 7.94. The maximum atomic E-state index is 12.3. The molecule has 0 aliphatic heterocycles. The zero-order valence-corrected chi connectivity index (χ0v) is 18.0. The van der Waals surface area contributed by atoms with Crippen LogP contribution in [0.4, 0.5) is 0 Å². The van der Waals surface area contributed by atoms with E-state index >= 15 is 0 Å². The number of fused-ring (bicyclic) bond motifs is 1. The Bertz CT molecular complexity index is 815. The molecule has 2 rings (SSSR count). The third-order valence-electron chi connectivity index (χ3n) is 3.56. The Balaban J connectivity index is 0.00000312. The Kier molecular flexibility index (Phi) is 7.63. The zero-order valence-electron chi connectivity index (χ0n) is 15.0. The maximum Gasteiger partial charge on any atom is 0.346 e. The van der Waals surface area contributed by atoms with Crippen molar-refractivity contribution in [3.63, 3.8) is 0 Å². The summed E-state index contributed by atoms with van der Waals surface area (Å²) in [5, 5.41) is 3.78. The third-order valence-corrected chi connectivity index (χ3v) is 3.92. The number of quaternary nitrogens is 1. The largest absolute Gasteiger partial charge is 1.00 e. The molecule has 0 unspecified atom stereocenters. The highest BCUT2D eigenvalue weighted by Crippen LogP contribution is 2.30. The second-order valence-corrected chi connectivity index (χ2v) is 6.87. The number of methoxy groups -OCH3 is 2. The second kappa shape index (κ2) is 8.81. The third kappa shape index (κ3) is 5.55. The number of nitrogens with one attached hydrogen (secondary N) is 1. The molecule has 2 aromatic rings. The molecule has 1 aromatic carbocycles. The summed E-state index contributed by atoms with van der Waals surface area (Å²) in [5.74, 6) is 1.11. The highest BCUT2D eigenvalue weighted by molar-refractivity contribution is 7.80. The molecule has 0 aliphatic carbocycles. The van der Waals surface area contributed by atoms with Crippen LogP contribution in [0.1, 0.15) is 5.56 Å². The van der Waals surface area contributed by atoms with Gasteiger partial charge in [0.1, 0.15) is 22.1 Å². The Morgan fingerprint density at radius 3 is 2.44 bits per heavy atom. The van der Waals surface area contributed by atoms with E-state index in [2.05, 4.69) is 26.5 Å². The minimum absolute atomic E-state index is 0. The van der Waals surface area contributed by atoms with Crippen LogP contribution in [-0.2, 0) is 0 Å². The van der Waals surface area contributed by atoms with E-state index in [1.54, 1.807) is 32.4 Å². The van der Waals surface area contributed by atoms with Gasteiger partial charge in [-0.2, -0.15) is 0 Å². The number of nitrogens with zero attached hydrogens (tertiary/aromatic N) is 1. The molecule has 6 nitrogen and oxygen atoms in total. The van der Waals surface area contributed by atoms with Crippen molar-refractivity contribution in [2.24, 2.45) is 0 Å². The van der Waals surface area contributed by atoms with Gasteiger partial charge in [-0.15, -0.1) is 0 Å². The lowest BCUT2D eigenvalue weighted by Crippen LogP contribution is -3.00. The predicted molar refractivity (Wildman–Crippen MR) is 98.2 cm³/mol. The van der Waals surface area contributed by atoms with Gasteiger partial charge < -0.3 is 47.7 Å². The van der Waals surface area contributed by atoms with Crippen LogP contribution in [0, 0.1) is 0 Å². The normalized spacial score (nSPS) is 10.9. The van der Waals surface area contributed by atoms with Crippen LogP contribution in [0.25, 0.3) is 11.0 Å². The quantitative estimate of drug-likeness (QED) is 0.243. The minimum Gasteiger partial charge on any atom is -1.00 e. The molecule has 0 atom stereocenters. The first kappa shape index (κ1) is 21.7. The summed E-state index contributed by atoms with van der Waals surface area (Å²) in [5.41, 5.74) is 0.233. The summed E-state index contributed by atoms with van der Waals surface area (Å²) < 4.78 is 16.7. The molecule has 0 saturated heterocycles. The Morgan fingerprint density at radius 1 is 1.20 bits per heavy atom. The number of hydrogen-bond donors (Lipinski definition) is 1. The van der Waals surface area contributed by atoms with E-state index in [4.69, 9.17) is 26.1 Å². The van der Waals surface area contributed by atoms with E-state index in [0.717, 1.165) is 11.0 Å². The molecular formula is C17H23IN2O4S. The van der Waals surface area contributed by atoms with Crippen molar-refractivity contribution >= 4 is 28.2 Å². The van der Waals surface area contributed by atoms with Crippen LogP contribution in [0.2, 0.25) is 0 Å². The van der Waals surface area contributed by atoms with Gasteiger partial charge in [-0.05, 0) is 6.07 Å². The molecule has 0 fully saturated rings. The SMILES string of the molecule is COc1cc(OC)c2cc(C(=S)NCC[N+](C)(C)C)c(=O)oc2c1.[I-]. The molecule has 0 radical (unpaired) electrons. The van der Waals surface area contributed by atoms with Gasteiger partial charge in [-0.25, -0.2) is 4.79 Å². The Labute approximate surface area is 169 Å². The monoisotopic (exact) mass is 478 g/mol. The summed E-state index contributed by atoms with van der Waals surface area (Å²) in [6.45, 7) is 1.54. The summed E-state index contributed by atoms with van der Waals surface area (Å²) in [4.78, 5) is 12.6. The van der Waals surface area contributed by atoms with Gasteiger partial charge in [0, 0.05) is 12.1 Å². The molecular weight excluding hydrogens is 455 g/mol. The van der Waals surface area contributed by atoms with Crippen LogP contribution < -0.4 is 44.4 Å². The first-order chi connectivity index (χ1) is 11.2. The number of halogens is 1. The number of ether oxygens (including phenoxy) is 2. The summed E-state index contributed by atoms with van der Waals surface area (Å²) >= 11 is 5.34. The lowest BCUT2D eigenvalue weighted by molar-refractivity contribution is -0.869. The number of likely N-dealkylation sites (N-methyl/N-ethyl adjacent to an activating group) is 1. The Morgan fingerprint density at radius 2 is 1.88 bits per heavy atom. The molecule has 1 heterocycles. The molecule has 8 heteroatoms. The smallest absolute Gasteiger partial charge is 0.346 e. The summed E-state index contributed by atoms with van der Waals surface area (Å²) in [6, 6.07) is 5.08. The molecule has 0 bridgehead atoms. The summed E-state index contributed by atoms with van der Waals surface area (Å²) in [7, 11) is 9.37. The average molecular weight is 478 g/mol. The molecule has 138 valence electrons. The van der Waals surface area contributed by atoms with Gasteiger partial charge in [0.15, 0.2) is 0 Å².